The first kappa shape index (κ1) is 21.3. The van der Waals surface area contributed by atoms with Crippen LogP contribution >= 0.6 is 23.4 Å². The lowest BCUT2D eigenvalue weighted by Gasteiger charge is -2.11. The van der Waals surface area contributed by atoms with E-state index < -0.39 is 33.1 Å². The van der Waals surface area contributed by atoms with Gasteiger partial charge in [0, 0.05) is 18.1 Å². The number of imidazole rings is 1. The highest BCUT2D eigenvalue weighted by Crippen LogP contribution is 2.31. The van der Waals surface area contributed by atoms with E-state index in [1.807, 2.05) is 4.72 Å². The molecule has 0 aliphatic heterocycles. The number of carbonyl (C=O) groups excluding carboxylic acids is 1. The summed E-state index contributed by atoms with van der Waals surface area (Å²) in [6.07, 6.45) is 2.84. The predicted molar refractivity (Wildman–Crippen MR) is 106 cm³/mol. The minimum Gasteiger partial charge on any atom is -0.333 e. The molecule has 0 saturated heterocycles. The first-order chi connectivity index (χ1) is 13.7. The zero-order chi connectivity index (χ0) is 21.3. The number of amides is 1. The van der Waals surface area contributed by atoms with Crippen LogP contribution in [0.5, 0.6) is 0 Å². The van der Waals surface area contributed by atoms with Crippen LogP contribution in [0.1, 0.15) is 10.5 Å². The normalized spacial score (nSPS) is 11.5. The fourth-order valence-corrected chi connectivity index (χ4v) is 5.39. The van der Waals surface area contributed by atoms with Crippen molar-refractivity contribution in [2.24, 2.45) is 7.05 Å². The number of halogens is 3. The number of thioether (sulfide) groups is 1. The molecule has 0 saturated carbocycles. The van der Waals surface area contributed by atoms with Gasteiger partial charge in [-0.25, -0.2) is 26.9 Å². The molecule has 0 aliphatic rings. The van der Waals surface area contributed by atoms with Crippen LogP contribution in [0.25, 0.3) is 11.4 Å². The Labute approximate surface area is 175 Å². The molecule has 152 valence electrons. The molecule has 1 heterocycles. The van der Waals surface area contributed by atoms with Crippen molar-refractivity contribution in [2.75, 3.05) is 6.26 Å². The third-order valence-electron chi connectivity index (χ3n) is 3.94. The summed E-state index contributed by atoms with van der Waals surface area (Å²) >= 11 is 7.17. The van der Waals surface area contributed by atoms with Crippen LogP contribution in [-0.2, 0) is 17.1 Å². The maximum Gasteiger partial charge on any atom is 0.285 e. The Hall–Kier alpha value is -2.43. The highest BCUT2D eigenvalue weighted by atomic mass is 35.5. The van der Waals surface area contributed by atoms with Crippen molar-refractivity contribution in [3.8, 4) is 11.4 Å². The van der Waals surface area contributed by atoms with Crippen molar-refractivity contribution >= 4 is 39.3 Å². The number of hydrogen-bond acceptors (Lipinski definition) is 5. The summed E-state index contributed by atoms with van der Waals surface area (Å²) in [6, 6.07) is 7.83. The minimum atomic E-state index is -4.32. The highest BCUT2D eigenvalue weighted by Gasteiger charge is 2.27. The Morgan fingerprint density at radius 1 is 1.17 bits per heavy atom. The zero-order valence-corrected chi connectivity index (χ0v) is 17.5. The standard InChI is InChI=1S/C18H14ClF2N3O3S2/c1-24-9-13(22-17(24)15-11(20)6-4-7-12(15)21)18(25)23-29(26,27)16-10(19)5-3-8-14(16)28-2/h3-9H,1-2H3,(H,23,25). The summed E-state index contributed by atoms with van der Waals surface area (Å²) in [5, 5.41) is -0.0488. The van der Waals surface area contributed by atoms with Crippen LogP contribution < -0.4 is 4.72 Å². The lowest BCUT2D eigenvalue weighted by atomic mass is 10.2. The van der Waals surface area contributed by atoms with Gasteiger partial charge in [-0.05, 0) is 30.5 Å². The van der Waals surface area contributed by atoms with Gasteiger partial charge in [0.1, 0.15) is 28.0 Å². The Morgan fingerprint density at radius 2 is 1.79 bits per heavy atom. The molecule has 0 spiro atoms. The summed E-state index contributed by atoms with van der Waals surface area (Å²) in [6.45, 7) is 0. The van der Waals surface area contributed by atoms with Crippen molar-refractivity contribution < 1.29 is 22.0 Å². The first-order valence-electron chi connectivity index (χ1n) is 8.03. The third-order valence-corrected chi connectivity index (χ3v) is 6.71. The van der Waals surface area contributed by atoms with Gasteiger partial charge in [-0.2, -0.15) is 0 Å². The van der Waals surface area contributed by atoms with Gasteiger partial charge in [-0.15, -0.1) is 11.8 Å². The Balaban J connectivity index is 1.97. The number of sulfonamides is 1. The average molecular weight is 458 g/mol. The van der Waals surface area contributed by atoms with Gasteiger partial charge in [0.05, 0.1) is 10.6 Å². The van der Waals surface area contributed by atoms with Crippen molar-refractivity contribution in [3.63, 3.8) is 0 Å². The van der Waals surface area contributed by atoms with Gasteiger partial charge in [0.25, 0.3) is 15.9 Å². The second kappa shape index (κ2) is 8.13. The Kier molecular flexibility index (Phi) is 5.97. The molecular formula is C18H14ClF2N3O3S2. The minimum absolute atomic E-state index is 0.0488. The zero-order valence-electron chi connectivity index (χ0n) is 15.1. The molecule has 1 amide bonds. The van der Waals surface area contributed by atoms with Crippen LogP contribution in [-0.4, -0.2) is 30.1 Å². The van der Waals surface area contributed by atoms with Gasteiger partial charge in [0.15, 0.2) is 0 Å². The van der Waals surface area contributed by atoms with E-state index in [2.05, 4.69) is 4.98 Å². The number of hydrogen-bond donors (Lipinski definition) is 1. The molecule has 0 bridgehead atoms. The Morgan fingerprint density at radius 3 is 2.41 bits per heavy atom. The lowest BCUT2D eigenvalue weighted by Crippen LogP contribution is -2.31. The van der Waals surface area contributed by atoms with Crippen molar-refractivity contribution in [1.29, 1.82) is 0 Å². The van der Waals surface area contributed by atoms with E-state index in [0.717, 1.165) is 23.9 Å². The molecule has 3 aromatic rings. The molecule has 0 unspecified atom stereocenters. The van der Waals surface area contributed by atoms with E-state index >= 15 is 0 Å². The SMILES string of the molecule is CSc1cccc(Cl)c1S(=O)(=O)NC(=O)c1cn(C)c(-c2c(F)cccc2F)n1. The molecule has 29 heavy (non-hydrogen) atoms. The van der Waals surface area contributed by atoms with Gasteiger partial charge < -0.3 is 4.57 Å². The molecule has 1 N–H and O–H groups in total. The van der Waals surface area contributed by atoms with Crippen molar-refractivity contribution in [1.82, 2.24) is 14.3 Å². The maximum absolute atomic E-state index is 14.0. The molecule has 0 radical (unpaired) electrons. The van der Waals surface area contributed by atoms with E-state index in [4.69, 9.17) is 11.6 Å². The van der Waals surface area contributed by atoms with Gasteiger partial charge in [0.2, 0.25) is 0 Å². The van der Waals surface area contributed by atoms with Crippen LogP contribution in [0, 0.1) is 11.6 Å². The van der Waals surface area contributed by atoms with Gasteiger partial charge >= 0.3 is 0 Å². The van der Waals surface area contributed by atoms with Crippen LogP contribution in [0.3, 0.4) is 0 Å². The summed E-state index contributed by atoms with van der Waals surface area (Å²) in [5.74, 6) is -2.95. The van der Waals surface area contributed by atoms with E-state index in [9.17, 15) is 22.0 Å². The molecule has 11 heteroatoms. The van der Waals surface area contributed by atoms with E-state index in [1.54, 1.807) is 18.4 Å². The molecule has 2 aromatic carbocycles. The molecular weight excluding hydrogens is 444 g/mol. The fraction of sp³-hybridized carbons (Fsp3) is 0.111. The average Bonchev–Trinajstić information content (AvgIpc) is 3.02. The number of nitrogens with one attached hydrogen (secondary N) is 1. The second-order valence-electron chi connectivity index (χ2n) is 5.86. The van der Waals surface area contributed by atoms with Crippen molar-refractivity contribution in [3.05, 3.63) is 64.9 Å². The predicted octanol–water partition coefficient (Wildman–Crippen LogP) is 3.86. The topological polar surface area (TPSA) is 81.1 Å². The molecule has 3 rings (SSSR count). The van der Waals surface area contributed by atoms with Gasteiger partial charge in [-0.3, -0.25) is 4.79 Å². The van der Waals surface area contributed by atoms with Crippen LogP contribution in [0.4, 0.5) is 8.78 Å². The molecule has 0 atom stereocenters. The monoisotopic (exact) mass is 457 g/mol. The number of carbonyl (C=O) groups is 1. The highest BCUT2D eigenvalue weighted by molar-refractivity contribution is 7.99. The summed E-state index contributed by atoms with van der Waals surface area (Å²) in [5.41, 5.74) is -0.751. The molecule has 6 nitrogen and oxygen atoms in total. The largest absolute Gasteiger partial charge is 0.333 e. The smallest absolute Gasteiger partial charge is 0.285 e. The van der Waals surface area contributed by atoms with Gasteiger partial charge in [-0.1, -0.05) is 23.7 Å². The third kappa shape index (κ3) is 4.14. The van der Waals surface area contributed by atoms with E-state index in [0.29, 0.717) is 4.90 Å². The summed E-state index contributed by atoms with van der Waals surface area (Å²) in [7, 11) is -2.89. The first-order valence-corrected chi connectivity index (χ1v) is 11.1. The lowest BCUT2D eigenvalue weighted by molar-refractivity contribution is 0.0977. The number of aryl methyl sites for hydroxylation is 1. The summed E-state index contributed by atoms with van der Waals surface area (Å²) in [4.78, 5) is 16.5. The second-order valence-corrected chi connectivity index (χ2v) is 8.74. The molecule has 0 aliphatic carbocycles. The maximum atomic E-state index is 14.0. The van der Waals surface area contributed by atoms with Crippen LogP contribution in [0.15, 0.2) is 52.4 Å². The summed E-state index contributed by atoms with van der Waals surface area (Å²) < 4.78 is 56.6. The molecule has 1 aromatic heterocycles. The van der Waals surface area contributed by atoms with E-state index in [-0.39, 0.29) is 21.4 Å². The number of rotatable bonds is 5. The quantitative estimate of drug-likeness (QED) is 0.588. The van der Waals surface area contributed by atoms with Crippen LogP contribution in [0.2, 0.25) is 5.02 Å². The number of aromatic nitrogens is 2. The van der Waals surface area contributed by atoms with Crippen molar-refractivity contribution in [2.45, 2.75) is 9.79 Å². The molecule has 0 fully saturated rings. The fourth-order valence-electron chi connectivity index (χ4n) is 2.66. The Bertz CT molecular complexity index is 1190. The number of nitrogens with zero attached hydrogens (tertiary/aromatic N) is 2. The number of benzene rings is 2. The van der Waals surface area contributed by atoms with E-state index in [1.165, 1.54) is 29.9 Å².